The van der Waals surface area contributed by atoms with Crippen molar-refractivity contribution in [3.63, 3.8) is 0 Å². The van der Waals surface area contributed by atoms with Crippen molar-refractivity contribution in [3.05, 3.63) is 58.5 Å². The van der Waals surface area contributed by atoms with Crippen molar-refractivity contribution in [3.8, 4) is 0 Å². The predicted octanol–water partition coefficient (Wildman–Crippen LogP) is 6.74. The molecule has 0 spiro atoms. The van der Waals surface area contributed by atoms with E-state index >= 15 is 0 Å². The molecular formula is C20H28Cl4N6O2Zn. The molecular weight excluding hydrogens is 563 g/mol. The molecule has 8 nitrogen and oxygen atoms in total. The van der Waals surface area contributed by atoms with E-state index in [0.717, 1.165) is 24.5 Å². The van der Waals surface area contributed by atoms with E-state index in [9.17, 15) is 0 Å². The van der Waals surface area contributed by atoms with E-state index in [4.69, 9.17) is 59.8 Å². The van der Waals surface area contributed by atoms with E-state index in [0.29, 0.717) is 24.5 Å². The fourth-order valence-corrected chi connectivity index (χ4v) is 2.64. The fraction of sp³-hybridized carbons (Fsp3) is 0.400. The van der Waals surface area contributed by atoms with Gasteiger partial charge in [0, 0.05) is 61.8 Å². The van der Waals surface area contributed by atoms with Crippen LogP contribution in [0.25, 0.3) is 9.95 Å². The molecule has 0 radical (unpaired) electrons. The van der Waals surface area contributed by atoms with E-state index in [2.05, 4.69) is 9.95 Å². The van der Waals surface area contributed by atoms with Gasteiger partial charge in [-0.15, -0.1) is 0 Å². The Bertz CT molecular complexity index is 797. The predicted molar refractivity (Wildman–Crippen MR) is 136 cm³/mol. The van der Waals surface area contributed by atoms with Gasteiger partial charge < -0.3 is 20.0 Å². The van der Waals surface area contributed by atoms with Crippen molar-refractivity contribution >= 4 is 61.5 Å². The summed E-state index contributed by atoms with van der Waals surface area (Å²) in [5.74, 6) is 0. The third-order valence-corrected chi connectivity index (χ3v) is 4.16. The summed E-state index contributed by atoms with van der Waals surface area (Å²) in [5.41, 5.74) is 3.12. The van der Waals surface area contributed by atoms with Crippen LogP contribution in [0.2, 0.25) is 0 Å². The monoisotopic (exact) mass is 588 g/mol. The first kappa shape index (κ1) is 31.6. The van der Waals surface area contributed by atoms with Crippen molar-refractivity contribution in [1.29, 1.82) is 10.8 Å². The number of hydrogen-bond acceptors (Lipinski definition) is 6. The summed E-state index contributed by atoms with van der Waals surface area (Å²) in [4.78, 5) is 10.2. The van der Waals surface area contributed by atoms with Gasteiger partial charge in [-0.3, -0.25) is 0 Å². The molecule has 0 saturated carbocycles. The molecule has 2 N–H and O–H groups in total. The molecule has 33 heavy (non-hydrogen) atoms. The molecule has 0 aliphatic rings. The number of rotatable bonds is 8. The molecule has 13 heteroatoms. The van der Waals surface area contributed by atoms with Crippen LogP contribution in [0.15, 0.2) is 48.5 Å². The maximum absolute atomic E-state index is 8.83. The third-order valence-electron chi connectivity index (χ3n) is 4.16. The number of anilines is 2. The molecule has 0 saturated heterocycles. The zero-order valence-electron chi connectivity index (χ0n) is 18.7. The molecule has 0 heterocycles. The van der Waals surface area contributed by atoms with Crippen LogP contribution >= 0.6 is 38.8 Å². The Balaban J connectivity index is 0.000000517. The zero-order valence-corrected chi connectivity index (χ0v) is 24.6. The summed E-state index contributed by atoms with van der Waals surface area (Å²) in [7, 11) is 16.8. The number of diazo groups is 2. The quantitative estimate of drug-likeness (QED) is 0.261. The molecule has 0 aliphatic heterocycles. The summed E-state index contributed by atoms with van der Waals surface area (Å²) in [5, 5.41) is 34.7. The molecule has 0 aliphatic carbocycles. The van der Waals surface area contributed by atoms with Crippen molar-refractivity contribution in [2.75, 3.05) is 49.2 Å². The average Bonchev–Trinajstić information content (AvgIpc) is 2.80. The SMILES string of the molecule is CCN(CCO)c1ccc([N+]#N)cc1.CCN(CCO)c1ccc([N+]#N)cc1.[Cl][Zn-2]([Cl])([Cl])[Cl]. The molecule has 0 atom stereocenters. The van der Waals surface area contributed by atoms with Gasteiger partial charge in [0.25, 0.3) is 0 Å². The van der Waals surface area contributed by atoms with Gasteiger partial charge in [-0.2, -0.15) is 0 Å². The van der Waals surface area contributed by atoms with Gasteiger partial charge in [0.15, 0.2) is 9.95 Å². The number of likely N-dealkylation sites (N-methyl/N-ethyl adjacent to an activating group) is 2. The molecule has 0 unspecified atom stereocenters. The van der Waals surface area contributed by atoms with Crippen LogP contribution in [0.1, 0.15) is 13.8 Å². The Morgan fingerprint density at radius 2 is 0.970 bits per heavy atom. The Kier molecular flexibility index (Phi) is 17.2. The number of halogens is 4. The normalized spacial score (nSPS) is 9.88. The standard InChI is InChI=1S/2C10H14N3O.4ClH.Zn/c2*1-2-13(7-8-14)10-5-3-9(12-11)4-6-10;;;;;/h2*3-6,14H,2,7-8H2,1H3;4*1H;/q2*+1;;;;;+2/p-4. The Morgan fingerprint density at radius 3 is 1.15 bits per heavy atom. The molecule has 0 amide bonds. The van der Waals surface area contributed by atoms with Crippen molar-refractivity contribution in [1.82, 2.24) is 0 Å². The van der Waals surface area contributed by atoms with Crippen LogP contribution in [0, 0.1) is 10.8 Å². The molecule has 2 aromatic rings. The summed E-state index contributed by atoms with van der Waals surface area (Å²) in [6, 6.07) is 14.4. The van der Waals surface area contributed by atoms with Gasteiger partial charge in [-0.05, 0) is 38.1 Å². The summed E-state index contributed by atoms with van der Waals surface area (Å²) < 4.78 is 0. The number of aliphatic hydroxyl groups is 2. The van der Waals surface area contributed by atoms with Crippen molar-refractivity contribution < 1.29 is 21.0 Å². The van der Waals surface area contributed by atoms with Crippen LogP contribution in [0.3, 0.4) is 0 Å². The van der Waals surface area contributed by atoms with E-state index < -0.39 is 10.8 Å². The Hall–Kier alpha value is -1.42. The number of nitrogens with zero attached hydrogens (tertiary/aromatic N) is 6. The first-order chi connectivity index (χ1) is 15.6. The van der Waals surface area contributed by atoms with Crippen molar-refractivity contribution in [2.45, 2.75) is 13.8 Å². The minimum absolute atomic E-state index is 0.139. The fourth-order valence-electron chi connectivity index (χ4n) is 2.64. The van der Waals surface area contributed by atoms with Crippen LogP contribution in [-0.2, 0) is 10.8 Å². The van der Waals surface area contributed by atoms with Gasteiger partial charge in [-0.1, -0.05) is 0 Å². The second kappa shape index (κ2) is 18.0. The van der Waals surface area contributed by atoms with Crippen LogP contribution in [0.4, 0.5) is 22.7 Å². The average molecular weight is 592 g/mol. The number of hydrogen-bond donors (Lipinski definition) is 2. The zero-order chi connectivity index (χ0) is 25.3. The first-order valence-electron chi connectivity index (χ1n) is 10.3. The van der Waals surface area contributed by atoms with E-state index in [1.165, 1.54) is 0 Å². The van der Waals surface area contributed by atoms with Crippen molar-refractivity contribution in [2.24, 2.45) is 0 Å². The third kappa shape index (κ3) is 15.2. The second-order valence-corrected chi connectivity index (χ2v) is 34.2. The molecule has 180 valence electrons. The minimum atomic E-state index is -3.36. The van der Waals surface area contributed by atoms with Gasteiger partial charge in [0.2, 0.25) is 10.8 Å². The van der Waals surface area contributed by atoms with E-state index in [-0.39, 0.29) is 13.2 Å². The molecule has 0 fully saturated rings. The Labute approximate surface area is 213 Å². The molecule has 2 rings (SSSR count). The van der Waals surface area contributed by atoms with Gasteiger partial charge in [0.1, 0.15) is 0 Å². The number of benzene rings is 2. The Morgan fingerprint density at radius 1 is 0.697 bits per heavy atom. The summed E-state index contributed by atoms with van der Waals surface area (Å²) in [6.45, 7) is 7.25. The van der Waals surface area contributed by atoms with Crippen LogP contribution < -0.4 is 9.80 Å². The van der Waals surface area contributed by atoms with E-state index in [1.807, 2.05) is 47.9 Å². The number of aliphatic hydroxyl groups excluding tert-OH is 2. The van der Waals surface area contributed by atoms with E-state index in [1.54, 1.807) is 24.3 Å². The maximum atomic E-state index is 8.83. The van der Waals surface area contributed by atoms with Crippen LogP contribution in [-0.4, -0.2) is 49.6 Å². The molecule has 0 aromatic heterocycles. The van der Waals surface area contributed by atoms with Gasteiger partial charge >= 0.3 is 61.0 Å². The summed E-state index contributed by atoms with van der Waals surface area (Å²) >= 11 is 0. The van der Waals surface area contributed by atoms with Gasteiger partial charge in [0.05, 0.1) is 13.2 Å². The second-order valence-electron chi connectivity index (χ2n) is 6.45. The van der Waals surface area contributed by atoms with Crippen LogP contribution in [0.5, 0.6) is 0 Å². The molecule has 0 bridgehead atoms. The first-order valence-corrected chi connectivity index (χ1v) is 25.9. The molecule has 2 aromatic carbocycles. The topological polar surface area (TPSA) is 103 Å². The summed E-state index contributed by atoms with van der Waals surface area (Å²) in [6.07, 6.45) is 0. The van der Waals surface area contributed by atoms with Gasteiger partial charge in [-0.25, -0.2) is 0 Å².